The van der Waals surface area contributed by atoms with Crippen LogP contribution in [0.15, 0.2) is 11.0 Å². The zero-order chi connectivity index (χ0) is 18.4. The number of nitrogens with zero attached hydrogens (tertiary/aromatic N) is 5. The molecule has 1 N–H and O–H groups in total. The lowest BCUT2D eigenvalue weighted by atomic mass is 10.3. The Bertz CT molecular complexity index is 927. The second kappa shape index (κ2) is 6.26. The quantitative estimate of drug-likeness (QED) is 0.825. The molecule has 10 heteroatoms. The first-order valence-electron chi connectivity index (χ1n) is 8.00. The van der Waals surface area contributed by atoms with Gasteiger partial charge in [-0.05, 0) is 19.9 Å². The Morgan fingerprint density at radius 3 is 2.60 bits per heavy atom. The van der Waals surface area contributed by atoms with Gasteiger partial charge in [-0.2, -0.15) is 14.5 Å². The first kappa shape index (κ1) is 17.6. The Labute approximate surface area is 146 Å². The molecule has 136 valence electrons. The van der Waals surface area contributed by atoms with Crippen LogP contribution < -0.4 is 5.32 Å². The summed E-state index contributed by atoms with van der Waals surface area (Å²) >= 11 is 0. The molecule has 0 saturated carbocycles. The Hall–Kier alpha value is -2.20. The number of nitrogens with one attached hydrogen (secondary N) is 1. The van der Waals surface area contributed by atoms with E-state index in [1.807, 2.05) is 6.07 Å². The van der Waals surface area contributed by atoms with Crippen molar-refractivity contribution in [1.29, 1.82) is 0 Å². The van der Waals surface area contributed by atoms with Crippen LogP contribution in [0, 0.1) is 13.8 Å². The summed E-state index contributed by atoms with van der Waals surface area (Å²) in [6.07, 6.45) is 0. The number of carbonyl (C=O) groups is 1. The summed E-state index contributed by atoms with van der Waals surface area (Å²) in [6, 6.07) is 1.83. The number of aryl methyl sites for hydroxylation is 2. The number of aromatic nitrogens is 4. The molecule has 0 aromatic carbocycles. The van der Waals surface area contributed by atoms with Gasteiger partial charge in [0.15, 0.2) is 0 Å². The first-order valence-corrected chi connectivity index (χ1v) is 9.44. The molecular formula is C15H22N6O3S. The minimum Gasteiger partial charge on any atom is -0.351 e. The highest BCUT2D eigenvalue weighted by Gasteiger charge is 2.33. The summed E-state index contributed by atoms with van der Waals surface area (Å²) in [6.45, 7) is 6.33. The van der Waals surface area contributed by atoms with Crippen LogP contribution in [0.4, 0.5) is 0 Å². The van der Waals surface area contributed by atoms with Crippen molar-refractivity contribution in [2.75, 3.05) is 6.54 Å². The van der Waals surface area contributed by atoms with Gasteiger partial charge in [-0.15, -0.1) is 0 Å². The van der Waals surface area contributed by atoms with Crippen molar-refractivity contribution in [3.63, 3.8) is 0 Å². The summed E-state index contributed by atoms with van der Waals surface area (Å²) < 4.78 is 31.0. The summed E-state index contributed by atoms with van der Waals surface area (Å²) in [5.41, 5.74) is 2.67. The standard InChI is InChI=1S/C15H22N6O3S/c1-10-15(11(2)19(4)17-10)25(23,24)20-5-6-21-14(9-20)7-13(18-21)8-16-12(3)22/h7H,5-6,8-9H2,1-4H3,(H,16,22). The number of sulfonamides is 1. The topological polar surface area (TPSA) is 102 Å². The van der Waals surface area contributed by atoms with Gasteiger partial charge in [-0.25, -0.2) is 8.42 Å². The number of carbonyl (C=O) groups excluding carboxylic acids is 1. The van der Waals surface area contributed by atoms with Gasteiger partial charge in [-0.3, -0.25) is 14.2 Å². The van der Waals surface area contributed by atoms with Crippen molar-refractivity contribution in [1.82, 2.24) is 29.2 Å². The lowest BCUT2D eigenvalue weighted by Gasteiger charge is -2.27. The lowest BCUT2D eigenvalue weighted by molar-refractivity contribution is -0.119. The fraction of sp³-hybridized carbons (Fsp3) is 0.533. The van der Waals surface area contributed by atoms with E-state index in [0.29, 0.717) is 31.0 Å². The van der Waals surface area contributed by atoms with Crippen LogP contribution in [0.5, 0.6) is 0 Å². The molecule has 2 aromatic heterocycles. The second-order valence-electron chi connectivity index (χ2n) is 6.22. The highest BCUT2D eigenvalue weighted by atomic mass is 32.2. The summed E-state index contributed by atoms with van der Waals surface area (Å²) in [4.78, 5) is 11.3. The van der Waals surface area contributed by atoms with E-state index in [-0.39, 0.29) is 17.3 Å². The van der Waals surface area contributed by atoms with E-state index in [1.54, 1.807) is 30.3 Å². The van der Waals surface area contributed by atoms with Gasteiger partial charge in [0.05, 0.1) is 42.4 Å². The highest BCUT2D eigenvalue weighted by molar-refractivity contribution is 7.89. The number of hydrogen-bond donors (Lipinski definition) is 1. The van der Waals surface area contributed by atoms with Gasteiger partial charge in [-0.1, -0.05) is 0 Å². The molecule has 0 fully saturated rings. The van der Waals surface area contributed by atoms with E-state index in [0.717, 1.165) is 11.4 Å². The molecule has 1 aliphatic heterocycles. The maximum atomic E-state index is 13.1. The van der Waals surface area contributed by atoms with E-state index in [2.05, 4.69) is 15.5 Å². The monoisotopic (exact) mass is 366 g/mol. The van der Waals surface area contributed by atoms with Crippen LogP contribution in [0.1, 0.15) is 29.7 Å². The van der Waals surface area contributed by atoms with Crippen LogP contribution in [0.25, 0.3) is 0 Å². The fourth-order valence-electron chi connectivity index (χ4n) is 3.07. The fourth-order valence-corrected chi connectivity index (χ4v) is 4.87. The minimum absolute atomic E-state index is 0.127. The molecule has 25 heavy (non-hydrogen) atoms. The van der Waals surface area contributed by atoms with E-state index in [9.17, 15) is 13.2 Å². The zero-order valence-corrected chi connectivity index (χ0v) is 15.6. The predicted octanol–water partition coefficient (Wildman–Crippen LogP) is 0.0740. The van der Waals surface area contributed by atoms with E-state index in [4.69, 9.17) is 0 Å². The van der Waals surface area contributed by atoms with Gasteiger partial charge in [0.1, 0.15) is 4.90 Å². The maximum absolute atomic E-state index is 13.1. The van der Waals surface area contributed by atoms with Gasteiger partial charge < -0.3 is 5.32 Å². The van der Waals surface area contributed by atoms with Crippen LogP contribution in [-0.4, -0.2) is 44.7 Å². The number of rotatable bonds is 4. The molecule has 0 radical (unpaired) electrons. The summed E-state index contributed by atoms with van der Waals surface area (Å²) in [7, 11) is -1.89. The van der Waals surface area contributed by atoms with Crippen LogP contribution in [0.3, 0.4) is 0 Å². The minimum atomic E-state index is -3.62. The SMILES string of the molecule is CC(=O)NCc1cc2n(n1)CCN(S(=O)(=O)c1c(C)nn(C)c1C)C2. The predicted molar refractivity (Wildman–Crippen MR) is 90.0 cm³/mol. The molecule has 3 heterocycles. The zero-order valence-electron chi connectivity index (χ0n) is 14.8. The van der Waals surface area contributed by atoms with Gasteiger partial charge in [0, 0.05) is 20.5 Å². The van der Waals surface area contributed by atoms with Gasteiger partial charge in [0.25, 0.3) is 0 Å². The Morgan fingerprint density at radius 2 is 2.00 bits per heavy atom. The third-order valence-electron chi connectivity index (χ3n) is 4.37. The molecule has 9 nitrogen and oxygen atoms in total. The highest BCUT2D eigenvalue weighted by Crippen LogP contribution is 2.26. The van der Waals surface area contributed by atoms with Crippen molar-refractivity contribution in [2.45, 2.75) is 45.3 Å². The number of fused-ring (bicyclic) bond motifs is 1. The largest absolute Gasteiger partial charge is 0.351 e. The van der Waals surface area contributed by atoms with Crippen molar-refractivity contribution < 1.29 is 13.2 Å². The third-order valence-corrected chi connectivity index (χ3v) is 6.47. The van der Waals surface area contributed by atoms with Crippen LogP contribution in [0.2, 0.25) is 0 Å². The third kappa shape index (κ3) is 3.19. The molecular weight excluding hydrogens is 344 g/mol. The summed E-state index contributed by atoms with van der Waals surface area (Å²) in [5, 5.41) is 11.3. The lowest BCUT2D eigenvalue weighted by Crippen LogP contribution is -2.38. The maximum Gasteiger partial charge on any atom is 0.247 e. The second-order valence-corrected chi connectivity index (χ2v) is 8.10. The van der Waals surface area contributed by atoms with Gasteiger partial charge >= 0.3 is 0 Å². The normalized spacial score (nSPS) is 15.2. The van der Waals surface area contributed by atoms with E-state index in [1.165, 1.54) is 11.2 Å². The number of amides is 1. The molecule has 0 saturated heterocycles. The van der Waals surface area contributed by atoms with Gasteiger partial charge in [0.2, 0.25) is 15.9 Å². The van der Waals surface area contributed by atoms with Crippen LogP contribution in [-0.2, 0) is 41.5 Å². The molecule has 0 unspecified atom stereocenters. The first-order chi connectivity index (χ1) is 11.7. The average Bonchev–Trinajstić information content (AvgIpc) is 3.05. The molecule has 0 spiro atoms. The molecule has 0 bridgehead atoms. The molecule has 3 rings (SSSR count). The Kier molecular flexibility index (Phi) is 4.41. The smallest absolute Gasteiger partial charge is 0.247 e. The molecule has 0 aliphatic carbocycles. The molecule has 0 atom stereocenters. The van der Waals surface area contributed by atoms with Crippen molar-refractivity contribution in [3.05, 3.63) is 28.8 Å². The molecule has 2 aromatic rings. The van der Waals surface area contributed by atoms with Crippen molar-refractivity contribution >= 4 is 15.9 Å². The Balaban J connectivity index is 1.85. The van der Waals surface area contributed by atoms with Crippen molar-refractivity contribution in [2.24, 2.45) is 7.05 Å². The Morgan fingerprint density at radius 1 is 1.28 bits per heavy atom. The summed E-state index contributed by atoms with van der Waals surface area (Å²) in [5.74, 6) is -0.127. The number of hydrogen-bond acceptors (Lipinski definition) is 5. The molecule has 1 aliphatic rings. The van der Waals surface area contributed by atoms with E-state index < -0.39 is 10.0 Å². The van der Waals surface area contributed by atoms with Crippen LogP contribution >= 0.6 is 0 Å². The average molecular weight is 366 g/mol. The van der Waals surface area contributed by atoms with Crippen molar-refractivity contribution in [3.8, 4) is 0 Å². The molecule has 1 amide bonds. The van der Waals surface area contributed by atoms with E-state index >= 15 is 0 Å².